The zero-order valence-electron chi connectivity index (χ0n) is 11.4. The molecule has 0 saturated heterocycles. The van der Waals surface area contributed by atoms with Gasteiger partial charge in [-0.1, -0.05) is 29.8 Å². The molecular formula is C18H10ClNO2. The van der Waals surface area contributed by atoms with Gasteiger partial charge in [-0.15, -0.1) is 0 Å². The van der Waals surface area contributed by atoms with E-state index < -0.39 is 0 Å². The van der Waals surface area contributed by atoms with Crippen LogP contribution in [0.4, 0.5) is 0 Å². The zero-order chi connectivity index (χ0) is 14.7. The van der Waals surface area contributed by atoms with Crippen molar-refractivity contribution in [1.29, 1.82) is 0 Å². The standard InChI is InChI=1S/C18H10ClNO2/c19-10-5-6-11-12-8-17-18(9-14(12)20-13(11)7-10)22-16-4-2-1-3-15(16)21-17/h1-9,20H. The van der Waals surface area contributed by atoms with E-state index in [0.29, 0.717) is 10.8 Å². The Hall–Kier alpha value is -2.65. The molecule has 0 unspecified atom stereocenters. The maximum absolute atomic E-state index is 6.06. The molecule has 1 aliphatic heterocycles. The summed E-state index contributed by atoms with van der Waals surface area (Å²) in [6, 6.07) is 17.5. The molecule has 0 fully saturated rings. The number of ether oxygens (including phenoxy) is 2. The van der Waals surface area contributed by atoms with E-state index in [2.05, 4.69) is 4.98 Å². The predicted octanol–water partition coefficient (Wildman–Crippen LogP) is 5.87. The third-order valence-corrected chi connectivity index (χ3v) is 4.15. The lowest BCUT2D eigenvalue weighted by Crippen LogP contribution is -1.98. The minimum absolute atomic E-state index is 0.712. The highest BCUT2D eigenvalue weighted by Gasteiger charge is 2.20. The lowest BCUT2D eigenvalue weighted by Gasteiger charge is -2.20. The van der Waals surface area contributed by atoms with Gasteiger partial charge in [-0.3, -0.25) is 0 Å². The van der Waals surface area contributed by atoms with E-state index in [1.807, 2.05) is 54.6 Å². The average Bonchev–Trinajstić information content (AvgIpc) is 2.86. The van der Waals surface area contributed by atoms with Gasteiger partial charge in [0.1, 0.15) is 0 Å². The van der Waals surface area contributed by atoms with Crippen LogP contribution in [-0.4, -0.2) is 4.98 Å². The Bertz CT molecular complexity index is 1050. The van der Waals surface area contributed by atoms with Gasteiger partial charge >= 0.3 is 0 Å². The molecular weight excluding hydrogens is 298 g/mol. The number of halogens is 1. The zero-order valence-corrected chi connectivity index (χ0v) is 12.1. The number of hydrogen-bond donors (Lipinski definition) is 1. The van der Waals surface area contributed by atoms with E-state index in [9.17, 15) is 0 Å². The van der Waals surface area contributed by atoms with Gasteiger partial charge in [0.05, 0.1) is 5.52 Å². The number of H-pyrrole nitrogens is 1. The fourth-order valence-electron chi connectivity index (χ4n) is 2.90. The molecule has 5 rings (SSSR count). The first-order valence-electron chi connectivity index (χ1n) is 6.98. The molecule has 1 aromatic heterocycles. The van der Waals surface area contributed by atoms with Crippen molar-refractivity contribution in [2.24, 2.45) is 0 Å². The van der Waals surface area contributed by atoms with E-state index in [4.69, 9.17) is 21.1 Å². The van der Waals surface area contributed by atoms with Crippen molar-refractivity contribution in [3.8, 4) is 23.0 Å². The molecule has 3 nitrogen and oxygen atoms in total. The molecule has 1 N–H and O–H groups in total. The lowest BCUT2D eigenvalue weighted by molar-refractivity contribution is 0.360. The van der Waals surface area contributed by atoms with Crippen molar-refractivity contribution < 1.29 is 9.47 Å². The van der Waals surface area contributed by atoms with Crippen molar-refractivity contribution in [1.82, 2.24) is 4.98 Å². The van der Waals surface area contributed by atoms with Crippen molar-refractivity contribution >= 4 is 33.4 Å². The van der Waals surface area contributed by atoms with E-state index in [1.54, 1.807) is 0 Å². The van der Waals surface area contributed by atoms with Crippen LogP contribution in [0, 0.1) is 0 Å². The normalized spacial score (nSPS) is 12.6. The third-order valence-electron chi connectivity index (χ3n) is 3.91. The van der Waals surface area contributed by atoms with Crippen LogP contribution in [0.5, 0.6) is 23.0 Å². The van der Waals surface area contributed by atoms with Gasteiger partial charge < -0.3 is 14.5 Å². The van der Waals surface area contributed by atoms with Crippen molar-refractivity contribution in [3.63, 3.8) is 0 Å². The topological polar surface area (TPSA) is 34.2 Å². The first-order valence-corrected chi connectivity index (χ1v) is 7.35. The summed E-state index contributed by atoms with van der Waals surface area (Å²) in [6.07, 6.45) is 0. The second-order valence-electron chi connectivity index (χ2n) is 5.31. The summed E-state index contributed by atoms with van der Waals surface area (Å²) in [5.41, 5.74) is 2.00. The fraction of sp³-hybridized carbons (Fsp3) is 0. The maximum Gasteiger partial charge on any atom is 0.172 e. The second-order valence-corrected chi connectivity index (χ2v) is 5.75. The number of benzene rings is 3. The molecule has 1 aliphatic rings. The van der Waals surface area contributed by atoms with Crippen molar-refractivity contribution in [2.45, 2.75) is 0 Å². The molecule has 2 heterocycles. The van der Waals surface area contributed by atoms with E-state index in [-0.39, 0.29) is 0 Å². The van der Waals surface area contributed by atoms with Crippen molar-refractivity contribution in [2.75, 3.05) is 0 Å². The van der Waals surface area contributed by atoms with E-state index in [0.717, 1.165) is 39.1 Å². The Balaban J connectivity index is 1.77. The summed E-state index contributed by atoms with van der Waals surface area (Å²) in [6.45, 7) is 0. The maximum atomic E-state index is 6.06. The average molecular weight is 308 g/mol. The molecule has 106 valence electrons. The van der Waals surface area contributed by atoms with Crippen LogP contribution in [-0.2, 0) is 0 Å². The predicted molar refractivity (Wildman–Crippen MR) is 87.4 cm³/mol. The fourth-order valence-corrected chi connectivity index (χ4v) is 3.07. The summed E-state index contributed by atoms with van der Waals surface area (Å²) in [5.74, 6) is 2.90. The van der Waals surface area contributed by atoms with Crippen LogP contribution < -0.4 is 9.47 Å². The molecule has 0 amide bonds. The summed E-state index contributed by atoms with van der Waals surface area (Å²) in [4.78, 5) is 3.37. The number of rotatable bonds is 0. The molecule has 3 aromatic carbocycles. The van der Waals surface area contributed by atoms with Crippen LogP contribution in [0.1, 0.15) is 0 Å². The summed E-state index contributed by atoms with van der Waals surface area (Å²) in [7, 11) is 0. The highest BCUT2D eigenvalue weighted by Crippen LogP contribution is 2.47. The minimum atomic E-state index is 0.712. The van der Waals surface area contributed by atoms with Gasteiger partial charge in [0.15, 0.2) is 23.0 Å². The number of aromatic nitrogens is 1. The lowest BCUT2D eigenvalue weighted by atomic mass is 10.1. The highest BCUT2D eigenvalue weighted by atomic mass is 35.5. The van der Waals surface area contributed by atoms with Crippen molar-refractivity contribution in [3.05, 3.63) is 59.6 Å². The molecule has 0 atom stereocenters. The van der Waals surface area contributed by atoms with Gasteiger partial charge in [0.25, 0.3) is 0 Å². The van der Waals surface area contributed by atoms with Crippen LogP contribution in [0.2, 0.25) is 5.02 Å². The molecule has 22 heavy (non-hydrogen) atoms. The molecule has 0 bridgehead atoms. The van der Waals surface area contributed by atoms with E-state index >= 15 is 0 Å². The first kappa shape index (κ1) is 12.0. The van der Waals surface area contributed by atoms with Crippen LogP contribution in [0.25, 0.3) is 21.8 Å². The van der Waals surface area contributed by atoms with Crippen LogP contribution in [0.3, 0.4) is 0 Å². The van der Waals surface area contributed by atoms with Gasteiger partial charge in [-0.05, 0) is 30.3 Å². The Morgan fingerprint density at radius 1 is 0.682 bits per heavy atom. The van der Waals surface area contributed by atoms with Gasteiger partial charge in [0, 0.05) is 27.4 Å². The van der Waals surface area contributed by atoms with Gasteiger partial charge in [-0.25, -0.2) is 0 Å². The highest BCUT2D eigenvalue weighted by molar-refractivity contribution is 6.31. The number of hydrogen-bond acceptors (Lipinski definition) is 2. The molecule has 0 spiro atoms. The molecule has 0 aliphatic carbocycles. The Morgan fingerprint density at radius 2 is 1.36 bits per heavy atom. The van der Waals surface area contributed by atoms with Gasteiger partial charge in [0.2, 0.25) is 0 Å². The third kappa shape index (κ3) is 1.63. The number of para-hydroxylation sites is 2. The molecule has 4 aromatic rings. The van der Waals surface area contributed by atoms with Crippen LogP contribution >= 0.6 is 11.6 Å². The monoisotopic (exact) mass is 307 g/mol. The van der Waals surface area contributed by atoms with E-state index in [1.165, 1.54) is 0 Å². The smallest absolute Gasteiger partial charge is 0.172 e. The van der Waals surface area contributed by atoms with Gasteiger partial charge in [-0.2, -0.15) is 0 Å². The summed E-state index contributed by atoms with van der Waals surface area (Å²) in [5, 5.41) is 2.92. The molecule has 0 radical (unpaired) electrons. The quantitative estimate of drug-likeness (QED) is 0.388. The SMILES string of the molecule is Clc1ccc2c(c1)[nH]c1cc3c(cc12)Oc1ccccc1O3. The number of nitrogens with one attached hydrogen (secondary N) is 1. The second kappa shape index (κ2) is 4.18. The Labute approximate surface area is 131 Å². The van der Waals surface area contributed by atoms with Crippen LogP contribution in [0.15, 0.2) is 54.6 Å². The summed E-state index contributed by atoms with van der Waals surface area (Å²) < 4.78 is 11.9. The Morgan fingerprint density at radius 3 is 2.14 bits per heavy atom. The first-order chi connectivity index (χ1) is 10.8. The number of fused-ring (bicyclic) bond motifs is 5. The molecule has 0 saturated carbocycles. The summed E-state index contributed by atoms with van der Waals surface area (Å²) >= 11 is 6.06. The Kier molecular flexibility index (Phi) is 2.27. The number of aromatic amines is 1. The largest absolute Gasteiger partial charge is 0.449 e. The molecule has 4 heteroatoms. The minimum Gasteiger partial charge on any atom is -0.449 e.